The zero-order valence-corrected chi connectivity index (χ0v) is 13.0. The molecule has 4 heteroatoms. The Hall–Kier alpha value is -1.65. The van der Waals surface area contributed by atoms with E-state index in [2.05, 4.69) is 24.1 Å². The summed E-state index contributed by atoms with van der Waals surface area (Å²) in [7, 11) is 0. The molecule has 1 heterocycles. The van der Waals surface area contributed by atoms with Crippen LogP contribution in [0.5, 0.6) is 0 Å². The quantitative estimate of drug-likeness (QED) is 0.821. The summed E-state index contributed by atoms with van der Waals surface area (Å²) in [5.74, 6) is 0.649. The number of aliphatic hydroxyl groups excluding tert-OH is 1. The van der Waals surface area contributed by atoms with Gasteiger partial charge in [-0.15, -0.1) is 0 Å². The fourth-order valence-electron chi connectivity index (χ4n) is 2.50. The number of nitrogens with one attached hydrogen (secondary N) is 1. The largest absolute Gasteiger partial charge is 0.444 e. The highest BCUT2D eigenvalue weighted by Crippen LogP contribution is 2.21. The van der Waals surface area contributed by atoms with E-state index in [1.54, 1.807) is 6.26 Å². The highest BCUT2D eigenvalue weighted by Gasteiger charge is 2.19. The molecule has 2 aromatic rings. The van der Waals surface area contributed by atoms with E-state index in [-0.39, 0.29) is 11.5 Å². The predicted octanol–water partition coefficient (Wildman–Crippen LogP) is 3.23. The van der Waals surface area contributed by atoms with E-state index in [4.69, 9.17) is 4.42 Å². The minimum atomic E-state index is -0.279. The maximum Gasteiger partial charge on any atom is 0.226 e. The Bertz CT molecular complexity index is 547. The van der Waals surface area contributed by atoms with Crippen LogP contribution in [0.25, 0.3) is 11.5 Å². The van der Waals surface area contributed by atoms with Crippen LogP contribution < -0.4 is 5.32 Å². The van der Waals surface area contributed by atoms with E-state index in [1.165, 1.54) is 0 Å². The molecule has 1 unspecified atom stereocenters. The minimum absolute atomic E-state index is 0.0557. The second kappa shape index (κ2) is 6.87. The first-order valence-corrected chi connectivity index (χ1v) is 7.35. The molecule has 1 aromatic carbocycles. The number of hydrogen-bond acceptors (Lipinski definition) is 4. The van der Waals surface area contributed by atoms with Crippen LogP contribution in [0.4, 0.5) is 0 Å². The Kier molecular flexibility index (Phi) is 5.15. The second-order valence-electron chi connectivity index (χ2n) is 6.33. The monoisotopic (exact) mass is 288 g/mol. The van der Waals surface area contributed by atoms with Gasteiger partial charge in [-0.1, -0.05) is 32.0 Å². The maximum absolute atomic E-state index is 9.48. The van der Waals surface area contributed by atoms with Gasteiger partial charge in [0.2, 0.25) is 5.89 Å². The van der Waals surface area contributed by atoms with Crippen LogP contribution >= 0.6 is 0 Å². The summed E-state index contributed by atoms with van der Waals surface area (Å²) >= 11 is 0. The lowest BCUT2D eigenvalue weighted by molar-refractivity contribution is 0.128. The number of oxazole rings is 1. The molecule has 0 aliphatic carbocycles. The Morgan fingerprint density at radius 2 is 2.00 bits per heavy atom. The van der Waals surface area contributed by atoms with E-state index in [1.807, 2.05) is 37.3 Å². The van der Waals surface area contributed by atoms with Crippen LogP contribution in [0.1, 0.15) is 32.9 Å². The minimum Gasteiger partial charge on any atom is -0.444 e. The molecule has 1 atom stereocenters. The van der Waals surface area contributed by atoms with Crippen molar-refractivity contribution in [3.8, 4) is 11.5 Å². The molecule has 0 aliphatic heterocycles. The average molecular weight is 288 g/mol. The van der Waals surface area contributed by atoms with Crippen molar-refractivity contribution in [1.82, 2.24) is 10.3 Å². The van der Waals surface area contributed by atoms with Crippen molar-refractivity contribution in [2.75, 3.05) is 6.54 Å². The third kappa shape index (κ3) is 4.99. The van der Waals surface area contributed by atoms with E-state index in [0.29, 0.717) is 12.4 Å². The molecule has 0 saturated carbocycles. The molecule has 2 N–H and O–H groups in total. The summed E-state index contributed by atoms with van der Waals surface area (Å²) in [5, 5.41) is 12.9. The number of hydrogen-bond donors (Lipinski definition) is 2. The Morgan fingerprint density at radius 1 is 1.29 bits per heavy atom. The lowest BCUT2D eigenvalue weighted by Gasteiger charge is -2.26. The Balaban J connectivity index is 1.86. The van der Waals surface area contributed by atoms with Crippen molar-refractivity contribution in [3.63, 3.8) is 0 Å². The van der Waals surface area contributed by atoms with Crippen molar-refractivity contribution in [2.24, 2.45) is 5.41 Å². The van der Waals surface area contributed by atoms with Gasteiger partial charge in [0.15, 0.2) is 0 Å². The Morgan fingerprint density at radius 3 is 2.67 bits per heavy atom. The van der Waals surface area contributed by atoms with E-state index >= 15 is 0 Å². The SMILES string of the molecule is CC(O)CC(C)(C)CNCc1coc(-c2ccccc2)n1. The topological polar surface area (TPSA) is 58.3 Å². The summed E-state index contributed by atoms with van der Waals surface area (Å²) in [4.78, 5) is 4.48. The van der Waals surface area contributed by atoms with Gasteiger partial charge in [-0.05, 0) is 30.9 Å². The first-order valence-electron chi connectivity index (χ1n) is 7.35. The van der Waals surface area contributed by atoms with Crippen molar-refractivity contribution >= 4 is 0 Å². The molecule has 0 fully saturated rings. The van der Waals surface area contributed by atoms with Gasteiger partial charge >= 0.3 is 0 Å². The summed E-state index contributed by atoms with van der Waals surface area (Å²) in [5.41, 5.74) is 1.93. The normalized spacial score (nSPS) is 13.3. The molecule has 21 heavy (non-hydrogen) atoms. The summed E-state index contributed by atoms with van der Waals surface area (Å²) in [6.07, 6.45) is 2.18. The molecule has 0 bridgehead atoms. The van der Waals surface area contributed by atoms with Crippen molar-refractivity contribution < 1.29 is 9.52 Å². The van der Waals surface area contributed by atoms with Crippen LogP contribution in [0.15, 0.2) is 41.0 Å². The zero-order chi connectivity index (χ0) is 15.3. The number of aliphatic hydroxyl groups is 1. The lowest BCUT2D eigenvalue weighted by Crippen LogP contribution is -2.31. The summed E-state index contributed by atoms with van der Waals surface area (Å²) < 4.78 is 5.51. The first-order chi connectivity index (χ1) is 9.96. The predicted molar refractivity (Wildman–Crippen MR) is 83.7 cm³/mol. The fraction of sp³-hybridized carbons (Fsp3) is 0.471. The molecule has 1 aromatic heterocycles. The van der Waals surface area contributed by atoms with Gasteiger partial charge in [-0.25, -0.2) is 4.98 Å². The van der Waals surface area contributed by atoms with Crippen molar-refractivity contribution in [3.05, 3.63) is 42.3 Å². The second-order valence-corrected chi connectivity index (χ2v) is 6.33. The zero-order valence-electron chi connectivity index (χ0n) is 13.0. The van der Waals surface area contributed by atoms with Crippen LogP contribution in [0.3, 0.4) is 0 Å². The highest BCUT2D eigenvalue weighted by atomic mass is 16.3. The molecular weight excluding hydrogens is 264 g/mol. The number of nitrogens with zero attached hydrogens (tertiary/aromatic N) is 1. The molecular formula is C17H24N2O2. The first kappa shape index (κ1) is 15.7. The van der Waals surface area contributed by atoms with Crippen LogP contribution in [-0.2, 0) is 6.54 Å². The van der Waals surface area contributed by atoms with Gasteiger partial charge in [0.25, 0.3) is 0 Å². The van der Waals surface area contributed by atoms with Gasteiger partial charge in [0, 0.05) is 18.7 Å². The van der Waals surface area contributed by atoms with Crippen molar-refractivity contribution in [1.29, 1.82) is 0 Å². The lowest BCUT2D eigenvalue weighted by atomic mass is 9.87. The molecule has 2 rings (SSSR count). The van der Waals surface area contributed by atoms with Crippen LogP contribution in [0.2, 0.25) is 0 Å². The molecule has 114 valence electrons. The average Bonchev–Trinajstić information content (AvgIpc) is 2.87. The molecule has 0 aliphatic rings. The molecule has 0 spiro atoms. The van der Waals surface area contributed by atoms with E-state index in [0.717, 1.165) is 24.2 Å². The van der Waals surface area contributed by atoms with Gasteiger partial charge in [-0.2, -0.15) is 0 Å². The third-order valence-corrected chi connectivity index (χ3v) is 3.33. The smallest absolute Gasteiger partial charge is 0.226 e. The van der Waals surface area contributed by atoms with Gasteiger partial charge < -0.3 is 14.8 Å². The molecule has 0 radical (unpaired) electrons. The fourth-order valence-corrected chi connectivity index (χ4v) is 2.50. The number of aromatic nitrogens is 1. The Labute approximate surface area is 126 Å². The highest BCUT2D eigenvalue weighted by molar-refractivity contribution is 5.52. The summed E-state index contributed by atoms with van der Waals surface area (Å²) in [6.45, 7) is 7.60. The molecule has 4 nitrogen and oxygen atoms in total. The van der Waals surface area contributed by atoms with E-state index < -0.39 is 0 Å². The van der Waals surface area contributed by atoms with Gasteiger partial charge in [-0.3, -0.25) is 0 Å². The van der Waals surface area contributed by atoms with E-state index in [9.17, 15) is 5.11 Å². The van der Waals surface area contributed by atoms with Crippen LogP contribution in [-0.4, -0.2) is 22.7 Å². The van der Waals surface area contributed by atoms with Crippen LogP contribution in [0, 0.1) is 5.41 Å². The number of benzene rings is 1. The summed E-state index contributed by atoms with van der Waals surface area (Å²) in [6, 6.07) is 9.87. The standard InChI is InChI=1S/C17H24N2O2/c1-13(20)9-17(2,3)12-18-10-15-11-21-16(19-15)14-7-5-4-6-8-14/h4-8,11,13,18,20H,9-10,12H2,1-3H3. The third-order valence-electron chi connectivity index (χ3n) is 3.33. The van der Waals surface area contributed by atoms with Crippen molar-refractivity contribution in [2.45, 2.75) is 39.8 Å². The number of rotatable bonds is 7. The molecule has 0 saturated heterocycles. The van der Waals surface area contributed by atoms with Gasteiger partial charge in [0.05, 0.1) is 11.8 Å². The molecule has 0 amide bonds. The maximum atomic E-state index is 9.48. The van der Waals surface area contributed by atoms with Gasteiger partial charge in [0.1, 0.15) is 6.26 Å².